The molecule has 0 fully saturated rings. The van der Waals surface area contributed by atoms with Crippen LogP contribution in [0.4, 0.5) is 11.4 Å². The fourth-order valence-electron chi connectivity index (χ4n) is 6.10. The normalized spacial score (nSPS) is 11.0. The molecule has 2 heterocycles. The molecule has 55 heavy (non-hydrogen) atoms. The van der Waals surface area contributed by atoms with Crippen molar-refractivity contribution in [2.24, 2.45) is 0 Å². The van der Waals surface area contributed by atoms with Crippen molar-refractivity contribution in [3.63, 3.8) is 0 Å². The van der Waals surface area contributed by atoms with Gasteiger partial charge in [-0.15, -0.1) is 47.3 Å². The van der Waals surface area contributed by atoms with Gasteiger partial charge in [0.05, 0.1) is 53.2 Å². The van der Waals surface area contributed by atoms with Gasteiger partial charge < -0.3 is 19.0 Å². The molecule has 0 aliphatic heterocycles. The maximum absolute atomic E-state index is 11.4. The van der Waals surface area contributed by atoms with Crippen LogP contribution in [0.5, 0.6) is 11.5 Å². The Bertz CT molecular complexity index is 2630. The summed E-state index contributed by atoms with van der Waals surface area (Å²) in [6, 6.07) is 29.0. The third-order valence-corrected chi connectivity index (χ3v) is 9.31. The van der Waals surface area contributed by atoms with Crippen molar-refractivity contribution in [3.05, 3.63) is 96.1 Å². The predicted octanol–water partition coefficient (Wildman–Crippen LogP) is 9.01. The van der Waals surface area contributed by atoms with Crippen molar-refractivity contribution in [2.45, 2.75) is 26.9 Å². The molecule has 0 amide bonds. The fourth-order valence-corrected chi connectivity index (χ4v) is 7.23. The lowest BCUT2D eigenvalue weighted by Gasteiger charge is -2.10. The monoisotopic (exact) mass is 972 g/mol. The number of aromatic hydroxyl groups is 1. The molecule has 0 atom stereocenters. The number of ether oxygens (including phenoxy) is 1. The molecule has 2 aromatic heterocycles. The summed E-state index contributed by atoms with van der Waals surface area (Å²) in [6.45, 7) is 5.29. The SMILES string of the molecule is BrB(Br)Br.CCn1c(-c2ccc(NS(C)(=O)=O)cc2)c(C#N)c2ccc(O)cc21.CCn1c(-c2ccc(NS(C)(=O)=O)cc2)c(C#N)c2ccc(OC)cc21. The number of halogens is 3. The van der Waals surface area contributed by atoms with Crippen molar-refractivity contribution in [3.8, 4) is 46.2 Å². The number of sulfonamides is 2. The minimum absolute atomic E-state index is 0.142. The number of rotatable bonds is 9. The van der Waals surface area contributed by atoms with Crippen LogP contribution in [-0.2, 0) is 33.1 Å². The van der Waals surface area contributed by atoms with E-state index in [1.807, 2.05) is 48.7 Å². The molecule has 4 aromatic carbocycles. The van der Waals surface area contributed by atoms with Crippen molar-refractivity contribution >= 4 is 104 Å². The van der Waals surface area contributed by atoms with Crippen molar-refractivity contribution < 1.29 is 26.7 Å². The molecule has 12 nitrogen and oxygen atoms in total. The smallest absolute Gasteiger partial charge is 0.369 e. The number of nitriles is 2. The van der Waals surface area contributed by atoms with E-state index in [1.54, 1.807) is 61.7 Å². The molecule has 0 saturated heterocycles. The molecule has 0 aliphatic carbocycles. The van der Waals surface area contributed by atoms with Gasteiger partial charge >= 0.3 is 3.18 Å². The maximum Gasteiger partial charge on any atom is 0.369 e. The largest absolute Gasteiger partial charge is 0.508 e. The van der Waals surface area contributed by atoms with Gasteiger partial charge in [-0.25, -0.2) is 16.8 Å². The van der Waals surface area contributed by atoms with Gasteiger partial charge in [0, 0.05) is 47.4 Å². The average molecular weight is 975 g/mol. The van der Waals surface area contributed by atoms with E-state index in [4.69, 9.17) is 4.74 Å². The minimum Gasteiger partial charge on any atom is -0.508 e. The van der Waals surface area contributed by atoms with Crippen molar-refractivity contribution in [1.82, 2.24) is 9.13 Å². The second-order valence-corrected chi connectivity index (χ2v) is 21.8. The van der Waals surface area contributed by atoms with Gasteiger partial charge in [0.1, 0.15) is 23.6 Å². The molecule has 0 spiro atoms. The van der Waals surface area contributed by atoms with Crippen LogP contribution in [0, 0.1) is 22.7 Å². The number of benzene rings is 4. The van der Waals surface area contributed by atoms with E-state index in [0.717, 1.165) is 62.6 Å². The predicted molar refractivity (Wildman–Crippen MR) is 233 cm³/mol. The molecule has 6 aromatic rings. The lowest BCUT2D eigenvalue weighted by molar-refractivity contribution is 0.415. The number of phenolic OH excluding ortho intramolecular Hbond substituents is 1. The van der Waals surface area contributed by atoms with Gasteiger partial charge in [-0.2, -0.15) is 10.5 Å². The summed E-state index contributed by atoms with van der Waals surface area (Å²) in [7, 11) is -5.06. The zero-order valence-corrected chi connectivity index (χ0v) is 36.7. The van der Waals surface area contributed by atoms with Crippen LogP contribution in [0.15, 0.2) is 84.9 Å². The zero-order chi connectivity index (χ0) is 40.7. The highest BCUT2D eigenvalue weighted by Gasteiger charge is 2.20. The number of hydrogen-bond donors (Lipinski definition) is 3. The van der Waals surface area contributed by atoms with Crippen LogP contribution < -0.4 is 14.2 Å². The van der Waals surface area contributed by atoms with Gasteiger partial charge in [-0.3, -0.25) is 9.44 Å². The Morgan fingerprint density at radius 2 is 1.07 bits per heavy atom. The van der Waals surface area contributed by atoms with E-state index in [9.17, 15) is 32.5 Å². The lowest BCUT2D eigenvalue weighted by Crippen LogP contribution is -2.09. The van der Waals surface area contributed by atoms with Gasteiger partial charge in [0.25, 0.3) is 0 Å². The highest BCUT2D eigenvalue weighted by atomic mass is 79.9. The minimum atomic E-state index is -3.34. The molecule has 6 rings (SSSR count). The summed E-state index contributed by atoms with van der Waals surface area (Å²) in [5, 5.41) is 30.8. The molecular formula is C37H36BBr3N6O6S2. The first-order valence-corrected chi connectivity index (χ1v) is 22.9. The first-order valence-electron chi connectivity index (χ1n) is 16.4. The van der Waals surface area contributed by atoms with Crippen LogP contribution >= 0.6 is 47.3 Å². The van der Waals surface area contributed by atoms with Gasteiger partial charge in [-0.1, -0.05) is 24.3 Å². The standard InChI is InChI=1S/C19H19N3O3S.C18H17N3O3S.BBr3/c1-4-22-18-11-15(25-2)9-10-16(18)17(12-20)19(22)13-5-7-14(8-6-13)21-26(3,23)24;1-3-21-17-10-14(22)8-9-15(17)16(11-19)18(21)12-4-6-13(7-5-12)20-25(2,23)24;2-1(3)4/h5-11,21H,4H2,1-3H3;4-10,20,22H,3H2,1-2H3;. The molecule has 0 saturated carbocycles. The number of anilines is 2. The zero-order valence-electron chi connectivity index (χ0n) is 30.3. The Morgan fingerprint density at radius 1 is 0.691 bits per heavy atom. The number of nitrogens with one attached hydrogen (secondary N) is 2. The summed E-state index contributed by atoms with van der Waals surface area (Å²) in [4.78, 5) is 0. The molecule has 0 aliphatic rings. The summed E-state index contributed by atoms with van der Waals surface area (Å²) >= 11 is 9.31. The summed E-state index contributed by atoms with van der Waals surface area (Å²) < 4.78 is 59.8. The number of hydrogen-bond acceptors (Lipinski definition) is 8. The third-order valence-electron chi connectivity index (χ3n) is 8.10. The van der Waals surface area contributed by atoms with Gasteiger partial charge in [-0.05, 0) is 73.5 Å². The second kappa shape index (κ2) is 18.5. The highest BCUT2D eigenvalue weighted by Crippen LogP contribution is 2.37. The van der Waals surface area contributed by atoms with E-state index in [-0.39, 0.29) is 8.93 Å². The number of methoxy groups -OCH3 is 1. The van der Waals surface area contributed by atoms with E-state index < -0.39 is 20.0 Å². The Labute approximate surface area is 345 Å². The molecule has 0 radical (unpaired) electrons. The van der Waals surface area contributed by atoms with Crippen LogP contribution in [0.3, 0.4) is 0 Å². The number of nitrogens with zero attached hydrogens (tertiary/aromatic N) is 4. The van der Waals surface area contributed by atoms with Crippen LogP contribution in [0.25, 0.3) is 44.3 Å². The lowest BCUT2D eigenvalue weighted by atomic mass is 10.1. The Balaban J connectivity index is 0.000000223. The molecular weight excluding hydrogens is 939 g/mol. The topological polar surface area (TPSA) is 179 Å². The summed E-state index contributed by atoms with van der Waals surface area (Å²) in [6.07, 6.45) is 2.20. The number of phenols is 1. The Morgan fingerprint density at radius 3 is 1.42 bits per heavy atom. The Hall–Kier alpha value is -4.46. The fraction of sp³-hybridized carbons (Fsp3) is 0.189. The van der Waals surface area contributed by atoms with Crippen LogP contribution in [0.2, 0.25) is 0 Å². The van der Waals surface area contributed by atoms with Crippen LogP contribution in [-0.4, -0.2) is 53.9 Å². The summed E-state index contributed by atoms with van der Waals surface area (Å²) in [5.74, 6) is 0.872. The van der Waals surface area contributed by atoms with E-state index in [1.165, 1.54) is 0 Å². The highest BCUT2D eigenvalue weighted by molar-refractivity contribution is 9.69. The molecule has 0 bridgehead atoms. The van der Waals surface area contributed by atoms with Crippen LogP contribution in [0.1, 0.15) is 25.0 Å². The first-order chi connectivity index (χ1) is 25.9. The molecule has 18 heteroatoms. The maximum atomic E-state index is 11.4. The van der Waals surface area contributed by atoms with E-state index in [0.29, 0.717) is 35.6 Å². The molecule has 3 N–H and O–H groups in total. The van der Waals surface area contributed by atoms with Gasteiger partial charge in [0.15, 0.2) is 0 Å². The third kappa shape index (κ3) is 10.9. The quantitative estimate of drug-likeness (QED) is 0.120. The van der Waals surface area contributed by atoms with Gasteiger partial charge in [0.2, 0.25) is 20.0 Å². The number of aromatic nitrogens is 2. The molecule has 0 unspecified atom stereocenters. The Kier molecular flexibility index (Phi) is 14.5. The van der Waals surface area contributed by atoms with Crippen molar-refractivity contribution in [1.29, 1.82) is 10.5 Å². The van der Waals surface area contributed by atoms with E-state index >= 15 is 0 Å². The van der Waals surface area contributed by atoms with Crippen molar-refractivity contribution in [2.75, 3.05) is 29.1 Å². The first kappa shape index (κ1) is 43.3. The number of fused-ring (bicyclic) bond motifs is 2. The van der Waals surface area contributed by atoms with E-state index in [2.05, 4.69) is 73.4 Å². The summed E-state index contributed by atoms with van der Waals surface area (Å²) in [5.41, 5.74) is 6.97. The average Bonchev–Trinajstić information content (AvgIpc) is 3.61. The second-order valence-electron chi connectivity index (χ2n) is 11.9. The molecule has 286 valence electrons. The number of aryl methyl sites for hydroxylation is 2.